The third kappa shape index (κ3) is 5.53. The van der Waals surface area contributed by atoms with Crippen LogP contribution in [0.1, 0.15) is 15.9 Å². The lowest BCUT2D eigenvalue weighted by Gasteiger charge is -2.28. The first-order chi connectivity index (χ1) is 16.6. The molecule has 3 aromatic rings. The molecular weight excluding hydrogens is 454 g/mol. The molecule has 1 aliphatic rings. The average molecular weight is 482 g/mol. The minimum Gasteiger partial charge on any atom is -0.507 e. The van der Waals surface area contributed by atoms with Crippen LogP contribution in [-0.4, -0.2) is 68.5 Å². The molecule has 1 fully saturated rings. The van der Waals surface area contributed by atoms with Crippen LogP contribution in [0.3, 0.4) is 0 Å². The molecule has 0 bridgehead atoms. The summed E-state index contributed by atoms with van der Waals surface area (Å²) in [5.74, 6) is -0.859. The molecule has 2 aromatic carbocycles. The van der Waals surface area contributed by atoms with Crippen molar-refractivity contribution < 1.29 is 19.4 Å². The molecule has 0 saturated carbocycles. The zero-order chi connectivity index (χ0) is 23.9. The predicted molar refractivity (Wildman–Crippen MR) is 133 cm³/mol. The van der Waals surface area contributed by atoms with Gasteiger partial charge in [-0.3, -0.25) is 9.79 Å². The minimum absolute atomic E-state index is 0.0517. The molecule has 0 radical (unpaired) electrons. The lowest BCUT2D eigenvalue weighted by atomic mass is 10.1. The van der Waals surface area contributed by atoms with Crippen LogP contribution in [0, 0.1) is 0 Å². The summed E-state index contributed by atoms with van der Waals surface area (Å²) in [6.45, 7) is 4.23. The zero-order valence-corrected chi connectivity index (χ0v) is 19.7. The van der Waals surface area contributed by atoms with Crippen molar-refractivity contribution in [3.63, 3.8) is 0 Å². The summed E-state index contributed by atoms with van der Waals surface area (Å²) in [6.07, 6.45) is 1.77. The van der Waals surface area contributed by atoms with Gasteiger partial charge in [0, 0.05) is 36.8 Å². The summed E-state index contributed by atoms with van der Waals surface area (Å²) in [7, 11) is 1.63. The quantitative estimate of drug-likeness (QED) is 0.378. The number of phenols is 1. The summed E-state index contributed by atoms with van der Waals surface area (Å²) >= 11 is 1.43. The van der Waals surface area contributed by atoms with Crippen LogP contribution in [-0.2, 0) is 9.47 Å². The second-order valence-corrected chi connectivity index (χ2v) is 8.46. The number of anilines is 1. The SMILES string of the molecule is COCCN=c1scc(-c2ccc(O)c(C(N)=O)c2)n1N=Cc1ccc(N2CCOCC2)cc1. The van der Waals surface area contributed by atoms with Gasteiger partial charge in [-0.15, -0.1) is 11.3 Å². The van der Waals surface area contributed by atoms with Gasteiger partial charge in [0.2, 0.25) is 4.80 Å². The number of hydrogen-bond donors (Lipinski definition) is 2. The molecule has 10 heteroatoms. The molecule has 4 rings (SSSR count). The lowest BCUT2D eigenvalue weighted by molar-refractivity contribution is 0.0997. The molecule has 0 spiro atoms. The van der Waals surface area contributed by atoms with E-state index < -0.39 is 5.91 Å². The first-order valence-electron chi connectivity index (χ1n) is 10.9. The maximum atomic E-state index is 11.7. The molecule has 0 aliphatic carbocycles. The topological polar surface area (TPSA) is 115 Å². The lowest BCUT2D eigenvalue weighted by Crippen LogP contribution is -2.36. The molecule has 1 amide bonds. The summed E-state index contributed by atoms with van der Waals surface area (Å²) in [6, 6.07) is 12.9. The van der Waals surface area contributed by atoms with Gasteiger partial charge in [0.1, 0.15) is 5.75 Å². The van der Waals surface area contributed by atoms with Gasteiger partial charge in [-0.1, -0.05) is 12.1 Å². The Morgan fingerprint density at radius 1 is 1.24 bits per heavy atom. The number of benzene rings is 2. The van der Waals surface area contributed by atoms with Crippen molar-refractivity contribution >= 4 is 29.1 Å². The van der Waals surface area contributed by atoms with Crippen molar-refractivity contribution in [2.45, 2.75) is 0 Å². The number of nitrogens with two attached hydrogens (primary N) is 1. The number of ether oxygens (including phenoxy) is 2. The Bertz CT molecular complexity index is 1230. The molecule has 2 heterocycles. The number of morpholine rings is 1. The Labute approximate surface area is 201 Å². The van der Waals surface area contributed by atoms with Crippen molar-refractivity contribution in [2.24, 2.45) is 15.8 Å². The highest BCUT2D eigenvalue weighted by molar-refractivity contribution is 7.07. The van der Waals surface area contributed by atoms with E-state index in [0.717, 1.165) is 43.2 Å². The number of primary amides is 1. The molecule has 178 valence electrons. The Morgan fingerprint density at radius 3 is 2.71 bits per heavy atom. The number of rotatable bonds is 8. The van der Waals surface area contributed by atoms with Gasteiger partial charge in [0.15, 0.2) is 0 Å². The fraction of sp³-hybridized carbons (Fsp3) is 0.292. The van der Waals surface area contributed by atoms with Crippen LogP contribution in [0.5, 0.6) is 5.75 Å². The molecular formula is C24H27N5O4S. The van der Waals surface area contributed by atoms with E-state index in [9.17, 15) is 9.90 Å². The fourth-order valence-corrected chi connectivity index (χ4v) is 4.42. The van der Waals surface area contributed by atoms with E-state index in [-0.39, 0.29) is 11.3 Å². The third-order valence-corrected chi connectivity index (χ3v) is 6.23. The molecule has 34 heavy (non-hydrogen) atoms. The molecule has 9 nitrogen and oxygen atoms in total. The van der Waals surface area contributed by atoms with Gasteiger partial charge in [-0.25, -0.2) is 4.68 Å². The smallest absolute Gasteiger partial charge is 0.252 e. The van der Waals surface area contributed by atoms with Gasteiger partial charge in [-0.05, 0) is 35.9 Å². The zero-order valence-electron chi connectivity index (χ0n) is 18.9. The number of methoxy groups -OCH3 is 1. The number of thiazole rings is 1. The molecule has 1 aromatic heterocycles. The van der Waals surface area contributed by atoms with Gasteiger partial charge < -0.3 is 25.2 Å². The van der Waals surface area contributed by atoms with Crippen molar-refractivity contribution in [1.29, 1.82) is 0 Å². The van der Waals surface area contributed by atoms with Gasteiger partial charge in [0.25, 0.3) is 5.91 Å². The number of carbonyl (C=O) groups excluding carboxylic acids is 1. The Kier molecular flexibility index (Phi) is 7.73. The third-order valence-electron chi connectivity index (χ3n) is 5.38. The Hall–Kier alpha value is -3.47. The van der Waals surface area contributed by atoms with Crippen molar-refractivity contribution in [2.75, 3.05) is 51.5 Å². The summed E-state index contributed by atoms with van der Waals surface area (Å²) in [4.78, 5) is 19.3. The highest BCUT2D eigenvalue weighted by Gasteiger charge is 2.14. The van der Waals surface area contributed by atoms with Gasteiger partial charge in [-0.2, -0.15) is 5.10 Å². The summed E-state index contributed by atoms with van der Waals surface area (Å²) in [5.41, 5.74) is 8.97. The Balaban J connectivity index is 1.66. The van der Waals surface area contributed by atoms with Crippen molar-refractivity contribution in [3.8, 4) is 17.0 Å². The molecule has 1 saturated heterocycles. The van der Waals surface area contributed by atoms with Crippen LogP contribution in [0.25, 0.3) is 11.3 Å². The first-order valence-corrected chi connectivity index (χ1v) is 11.7. The standard InChI is InChI=1S/C24H27N5O4S/c1-32-11-8-26-24-29(21(16-34-24)18-4-7-22(30)20(14-18)23(25)31)27-15-17-2-5-19(6-3-17)28-9-12-33-13-10-28/h2-7,14-16,30H,8-13H2,1H3,(H2,25,31). The first kappa shape index (κ1) is 23.7. The highest BCUT2D eigenvalue weighted by atomic mass is 32.1. The van der Waals surface area contributed by atoms with Crippen LogP contribution in [0.2, 0.25) is 0 Å². The van der Waals surface area contributed by atoms with E-state index in [0.29, 0.717) is 23.5 Å². The average Bonchev–Trinajstić information content (AvgIpc) is 3.26. The number of aromatic nitrogens is 1. The van der Waals surface area contributed by atoms with E-state index in [2.05, 4.69) is 27.1 Å². The second kappa shape index (κ2) is 11.1. The molecule has 0 atom stereocenters. The Morgan fingerprint density at radius 2 is 2.00 bits per heavy atom. The largest absolute Gasteiger partial charge is 0.507 e. The molecule has 0 unspecified atom stereocenters. The maximum absolute atomic E-state index is 11.7. The second-order valence-electron chi connectivity index (χ2n) is 7.62. The van der Waals surface area contributed by atoms with E-state index in [1.165, 1.54) is 17.4 Å². The fourth-order valence-electron chi connectivity index (χ4n) is 3.56. The monoisotopic (exact) mass is 481 g/mol. The van der Waals surface area contributed by atoms with E-state index in [1.807, 2.05) is 17.5 Å². The van der Waals surface area contributed by atoms with Crippen LogP contribution >= 0.6 is 11.3 Å². The van der Waals surface area contributed by atoms with Crippen LogP contribution in [0.15, 0.2) is 57.9 Å². The number of nitrogens with zero attached hydrogens (tertiary/aromatic N) is 4. The van der Waals surface area contributed by atoms with Gasteiger partial charge in [0.05, 0.1) is 43.8 Å². The van der Waals surface area contributed by atoms with E-state index in [1.54, 1.807) is 30.1 Å². The number of amides is 1. The summed E-state index contributed by atoms with van der Waals surface area (Å²) < 4.78 is 12.3. The van der Waals surface area contributed by atoms with E-state index in [4.69, 9.17) is 15.2 Å². The number of aromatic hydroxyl groups is 1. The summed E-state index contributed by atoms with van der Waals surface area (Å²) in [5, 5.41) is 16.6. The maximum Gasteiger partial charge on any atom is 0.252 e. The highest BCUT2D eigenvalue weighted by Crippen LogP contribution is 2.26. The normalized spacial score (nSPS) is 14.7. The molecule has 3 N–H and O–H groups in total. The van der Waals surface area contributed by atoms with Gasteiger partial charge >= 0.3 is 0 Å². The van der Waals surface area contributed by atoms with Crippen molar-refractivity contribution in [1.82, 2.24) is 4.68 Å². The van der Waals surface area contributed by atoms with E-state index >= 15 is 0 Å². The number of carbonyl (C=O) groups is 1. The molecule has 1 aliphatic heterocycles. The predicted octanol–water partition coefficient (Wildman–Crippen LogP) is 2.29. The van der Waals surface area contributed by atoms with Crippen LogP contribution in [0.4, 0.5) is 5.69 Å². The number of hydrogen-bond acceptors (Lipinski definition) is 8. The van der Waals surface area contributed by atoms with Crippen LogP contribution < -0.4 is 15.4 Å². The minimum atomic E-state index is -0.699. The van der Waals surface area contributed by atoms with Crippen molar-refractivity contribution in [3.05, 3.63) is 63.8 Å².